The molecular formula is C7H4N4O3. The van der Waals surface area contributed by atoms with Crippen molar-refractivity contribution in [3.8, 4) is 11.4 Å². The van der Waals surface area contributed by atoms with Gasteiger partial charge < -0.3 is 5.11 Å². The van der Waals surface area contributed by atoms with Gasteiger partial charge in [0.15, 0.2) is 5.69 Å². The molecule has 7 nitrogen and oxygen atoms in total. The van der Waals surface area contributed by atoms with E-state index in [-0.39, 0.29) is 11.4 Å². The van der Waals surface area contributed by atoms with Crippen LogP contribution in [-0.4, -0.2) is 31.4 Å². The third kappa shape index (κ3) is 1.30. The standard InChI is InChI=1S/C7H4N4O3/c12-7(13)6-5(10-14-11-6)4-1-2-8-3-9-4/h1-3H,(H,12,13). The van der Waals surface area contributed by atoms with E-state index < -0.39 is 5.97 Å². The molecule has 2 rings (SSSR count). The van der Waals surface area contributed by atoms with Crippen LogP contribution >= 0.6 is 0 Å². The van der Waals surface area contributed by atoms with Crippen LogP contribution in [0.4, 0.5) is 0 Å². The molecule has 0 unspecified atom stereocenters. The van der Waals surface area contributed by atoms with Gasteiger partial charge in [0.25, 0.3) is 0 Å². The van der Waals surface area contributed by atoms with E-state index >= 15 is 0 Å². The maximum Gasteiger partial charge on any atom is 0.360 e. The summed E-state index contributed by atoms with van der Waals surface area (Å²) >= 11 is 0. The second-order valence-corrected chi connectivity index (χ2v) is 2.36. The molecule has 2 aromatic rings. The highest BCUT2D eigenvalue weighted by molar-refractivity contribution is 5.91. The quantitative estimate of drug-likeness (QED) is 0.726. The van der Waals surface area contributed by atoms with Gasteiger partial charge in [-0.3, -0.25) is 0 Å². The number of nitrogens with zero attached hydrogens (tertiary/aromatic N) is 4. The third-order valence-corrected chi connectivity index (χ3v) is 1.52. The molecule has 2 aromatic heterocycles. The molecule has 0 aliphatic rings. The Balaban J connectivity index is 2.52. The van der Waals surface area contributed by atoms with Crippen molar-refractivity contribution in [3.63, 3.8) is 0 Å². The predicted octanol–water partition coefficient (Wildman–Crippen LogP) is 0.225. The Kier molecular flexibility index (Phi) is 1.90. The molecule has 0 aliphatic carbocycles. The minimum absolute atomic E-state index is 0.0971. The molecule has 14 heavy (non-hydrogen) atoms. The molecule has 0 atom stereocenters. The van der Waals surface area contributed by atoms with Crippen LogP contribution in [0.1, 0.15) is 10.5 Å². The first-order valence-corrected chi connectivity index (χ1v) is 3.61. The van der Waals surface area contributed by atoms with Crippen LogP contribution in [0, 0.1) is 0 Å². The lowest BCUT2D eigenvalue weighted by atomic mass is 10.2. The zero-order chi connectivity index (χ0) is 9.97. The van der Waals surface area contributed by atoms with Gasteiger partial charge in [0, 0.05) is 6.20 Å². The number of carboxylic acids is 1. The summed E-state index contributed by atoms with van der Waals surface area (Å²) in [6, 6.07) is 1.52. The first-order valence-electron chi connectivity index (χ1n) is 3.61. The average Bonchev–Trinajstić information content (AvgIpc) is 2.67. The van der Waals surface area contributed by atoms with Crippen molar-refractivity contribution in [2.75, 3.05) is 0 Å². The topological polar surface area (TPSA) is 102 Å². The molecule has 7 heteroatoms. The highest BCUT2D eigenvalue weighted by atomic mass is 16.6. The zero-order valence-electron chi connectivity index (χ0n) is 6.78. The minimum Gasteiger partial charge on any atom is -0.476 e. The van der Waals surface area contributed by atoms with E-state index in [4.69, 9.17) is 5.11 Å². The van der Waals surface area contributed by atoms with Gasteiger partial charge in [0.1, 0.15) is 6.33 Å². The van der Waals surface area contributed by atoms with Gasteiger partial charge >= 0.3 is 5.97 Å². The largest absolute Gasteiger partial charge is 0.476 e. The van der Waals surface area contributed by atoms with E-state index in [0.717, 1.165) is 0 Å². The van der Waals surface area contributed by atoms with Gasteiger partial charge in [0.05, 0.1) is 5.69 Å². The van der Waals surface area contributed by atoms with Crippen molar-refractivity contribution in [3.05, 3.63) is 24.3 Å². The van der Waals surface area contributed by atoms with E-state index in [1.165, 1.54) is 18.6 Å². The zero-order valence-corrected chi connectivity index (χ0v) is 6.78. The lowest BCUT2D eigenvalue weighted by Gasteiger charge is -1.92. The molecule has 0 saturated heterocycles. The molecule has 0 amide bonds. The number of aromatic nitrogens is 4. The third-order valence-electron chi connectivity index (χ3n) is 1.52. The normalized spacial score (nSPS) is 10.0. The van der Waals surface area contributed by atoms with Gasteiger partial charge in [-0.05, 0) is 16.4 Å². The van der Waals surface area contributed by atoms with Crippen LogP contribution in [0.3, 0.4) is 0 Å². The predicted molar refractivity (Wildman–Crippen MR) is 42.3 cm³/mol. The van der Waals surface area contributed by atoms with E-state index in [0.29, 0.717) is 5.69 Å². The van der Waals surface area contributed by atoms with Crippen LogP contribution < -0.4 is 0 Å². The Hall–Kier alpha value is -2.31. The van der Waals surface area contributed by atoms with Crippen LogP contribution in [-0.2, 0) is 0 Å². The lowest BCUT2D eigenvalue weighted by Crippen LogP contribution is -1.99. The molecule has 1 N–H and O–H groups in total. The molecule has 0 aromatic carbocycles. The molecule has 0 aliphatic heterocycles. The maximum absolute atomic E-state index is 10.7. The molecule has 0 saturated carbocycles. The van der Waals surface area contributed by atoms with Gasteiger partial charge in [-0.25, -0.2) is 19.4 Å². The van der Waals surface area contributed by atoms with Crippen molar-refractivity contribution < 1.29 is 14.5 Å². The van der Waals surface area contributed by atoms with Gasteiger partial charge in [-0.2, -0.15) is 0 Å². The lowest BCUT2D eigenvalue weighted by molar-refractivity contribution is 0.0685. The summed E-state index contributed by atoms with van der Waals surface area (Å²) in [7, 11) is 0. The number of carboxylic acid groups (broad SMARTS) is 1. The summed E-state index contributed by atoms with van der Waals surface area (Å²) in [6.45, 7) is 0. The van der Waals surface area contributed by atoms with Crippen molar-refractivity contribution in [1.82, 2.24) is 20.3 Å². The Labute approximate surface area is 77.4 Å². The number of aromatic carboxylic acids is 1. The van der Waals surface area contributed by atoms with Crippen LogP contribution in [0.15, 0.2) is 23.2 Å². The fourth-order valence-corrected chi connectivity index (χ4v) is 0.928. The highest BCUT2D eigenvalue weighted by Gasteiger charge is 2.19. The molecule has 0 radical (unpaired) electrons. The Bertz CT molecular complexity index is 453. The molecule has 0 bridgehead atoms. The van der Waals surface area contributed by atoms with Gasteiger partial charge in [-0.15, -0.1) is 0 Å². The van der Waals surface area contributed by atoms with Crippen molar-refractivity contribution in [2.24, 2.45) is 0 Å². The first kappa shape index (κ1) is 8.30. The van der Waals surface area contributed by atoms with Crippen LogP contribution in [0.25, 0.3) is 11.4 Å². The van der Waals surface area contributed by atoms with Gasteiger partial charge in [0.2, 0.25) is 5.69 Å². The fraction of sp³-hybridized carbons (Fsp3) is 0. The second-order valence-electron chi connectivity index (χ2n) is 2.36. The summed E-state index contributed by atoms with van der Waals surface area (Å²) < 4.78 is 4.32. The molecule has 70 valence electrons. The van der Waals surface area contributed by atoms with Crippen molar-refractivity contribution in [2.45, 2.75) is 0 Å². The van der Waals surface area contributed by atoms with Crippen LogP contribution in [0.5, 0.6) is 0 Å². The van der Waals surface area contributed by atoms with E-state index in [1.807, 2.05) is 0 Å². The number of rotatable bonds is 2. The fourth-order valence-electron chi connectivity index (χ4n) is 0.928. The molecule has 0 fully saturated rings. The molecular weight excluding hydrogens is 188 g/mol. The molecule has 0 spiro atoms. The summed E-state index contributed by atoms with van der Waals surface area (Å²) in [4.78, 5) is 18.2. The number of hydrogen-bond donors (Lipinski definition) is 1. The van der Waals surface area contributed by atoms with Crippen molar-refractivity contribution >= 4 is 5.97 Å². The van der Waals surface area contributed by atoms with Gasteiger partial charge in [-0.1, -0.05) is 0 Å². The average molecular weight is 192 g/mol. The van der Waals surface area contributed by atoms with Crippen molar-refractivity contribution in [1.29, 1.82) is 0 Å². The van der Waals surface area contributed by atoms with E-state index in [9.17, 15) is 4.79 Å². The highest BCUT2D eigenvalue weighted by Crippen LogP contribution is 2.16. The Morgan fingerprint density at radius 2 is 2.29 bits per heavy atom. The minimum atomic E-state index is -1.21. The summed E-state index contributed by atoms with van der Waals surface area (Å²) in [5, 5.41) is 15.4. The van der Waals surface area contributed by atoms with E-state index in [2.05, 4.69) is 24.9 Å². The second kappa shape index (κ2) is 3.21. The summed E-state index contributed by atoms with van der Waals surface area (Å²) in [6.07, 6.45) is 2.76. The van der Waals surface area contributed by atoms with Crippen LogP contribution in [0.2, 0.25) is 0 Å². The Morgan fingerprint density at radius 3 is 2.93 bits per heavy atom. The smallest absolute Gasteiger partial charge is 0.360 e. The Morgan fingerprint density at radius 1 is 1.43 bits per heavy atom. The maximum atomic E-state index is 10.7. The van der Waals surface area contributed by atoms with E-state index in [1.54, 1.807) is 0 Å². The summed E-state index contributed by atoms with van der Waals surface area (Å²) in [5.74, 6) is -1.21. The first-order chi connectivity index (χ1) is 6.79. The molecule has 2 heterocycles. The monoisotopic (exact) mass is 192 g/mol. The summed E-state index contributed by atoms with van der Waals surface area (Å²) in [5.41, 5.74) is 0.197. The SMILES string of the molecule is O=C(O)c1nonc1-c1ccncn1. The number of carbonyl (C=O) groups is 1. The number of hydrogen-bond acceptors (Lipinski definition) is 6.